The van der Waals surface area contributed by atoms with Crippen LogP contribution >= 0.6 is 11.3 Å². The molecule has 2 heterocycles. The summed E-state index contributed by atoms with van der Waals surface area (Å²) in [5.74, 6) is -3.66. The molecule has 0 bridgehead atoms. The normalized spacial score (nSPS) is 16.8. The van der Waals surface area contributed by atoms with Gasteiger partial charge in [0, 0.05) is 17.4 Å². The second-order valence-electron chi connectivity index (χ2n) is 6.70. The molecule has 0 radical (unpaired) electrons. The molecule has 0 fully saturated rings. The van der Waals surface area contributed by atoms with Crippen molar-refractivity contribution < 1.29 is 22.3 Å². The van der Waals surface area contributed by atoms with Crippen molar-refractivity contribution in [3.8, 4) is 17.0 Å². The molecule has 2 aromatic carbocycles. The van der Waals surface area contributed by atoms with Gasteiger partial charge in [0.05, 0.1) is 18.5 Å². The quantitative estimate of drug-likeness (QED) is 0.466. The molecule has 0 saturated heterocycles. The Morgan fingerprint density at radius 1 is 1.07 bits per heavy atom. The van der Waals surface area contributed by atoms with Gasteiger partial charge in [-0.2, -0.15) is 13.9 Å². The van der Waals surface area contributed by atoms with E-state index in [2.05, 4.69) is 10.1 Å². The summed E-state index contributed by atoms with van der Waals surface area (Å²) in [6, 6.07) is 14.0. The van der Waals surface area contributed by atoms with Crippen molar-refractivity contribution >= 4 is 22.2 Å². The Labute approximate surface area is 174 Å². The van der Waals surface area contributed by atoms with Gasteiger partial charge in [-0.15, -0.1) is 11.3 Å². The molecule has 0 saturated carbocycles. The molecule has 0 amide bonds. The highest BCUT2D eigenvalue weighted by atomic mass is 32.1. The first-order valence-electron chi connectivity index (χ1n) is 9.08. The lowest BCUT2D eigenvalue weighted by Crippen LogP contribution is -2.48. The number of rotatable bonds is 6. The molecule has 0 aliphatic carbocycles. The number of methoxy groups -OCH3 is 1. The topological polar surface area (TPSA) is 37.7 Å². The van der Waals surface area contributed by atoms with Crippen molar-refractivity contribution in [3.63, 3.8) is 0 Å². The van der Waals surface area contributed by atoms with E-state index in [-0.39, 0.29) is 11.6 Å². The molecule has 0 N–H and O–H groups in total. The summed E-state index contributed by atoms with van der Waals surface area (Å²) >= 11 is 1.09. The minimum absolute atomic E-state index is 0.141. The molecule has 1 unspecified atom stereocenters. The van der Waals surface area contributed by atoms with E-state index >= 15 is 0 Å². The number of alkyl halides is 4. The fourth-order valence-electron chi connectivity index (χ4n) is 3.20. The number of nitrogens with zero attached hydrogens (tertiary/aromatic N) is 3. The van der Waals surface area contributed by atoms with E-state index in [0.717, 1.165) is 21.9 Å². The van der Waals surface area contributed by atoms with Crippen molar-refractivity contribution in [3.05, 3.63) is 65.5 Å². The summed E-state index contributed by atoms with van der Waals surface area (Å²) in [4.78, 5) is 4.38. The molecule has 4 rings (SSSR count). The van der Waals surface area contributed by atoms with Crippen LogP contribution in [0.15, 0.2) is 65.1 Å². The van der Waals surface area contributed by atoms with Crippen LogP contribution in [0, 0.1) is 0 Å². The lowest BCUT2D eigenvalue weighted by Gasteiger charge is -2.28. The van der Waals surface area contributed by atoms with Gasteiger partial charge in [-0.3, -0.25) is 0 Å². The van der Waals surface area contributed by atoms with Crippen molar-refractivity contribution in [1.29, 1.82) is 0 Å². The summed E-state index contributed by atoms with van der Waals surface area (Å²) in [5, 5.41) is 7.04. The number of ether oxygens (including phenoxy) is 1. The Hall–Kier alpha value is -2.94. The van der Waals surface area contributed by atoms with Crippen LogP contribution in [0.5, 0.6) is 5.75 Å². The van der Waals surface area contributed by atoms with Crippen LogP contribution in [0.4, 0.5) is 22.7 Å². The largest absolute Gasteiger partial charge is 0.497 e. The Morgan fingerprint density at radius 2 is 1.77 bits per heavy atom. The maximum absolute atomic E-state index is 14.4. The fraction of sp³-hybridized carbons (Fsp3) is 0.238. The van der Waals surface area contributed by atoms with Gasteiger partial charge in [0.1, 0.15) is 11.8 Å². The van der Waals surface area contributed by atoms with Crippen molar-refractivity contribution in [2.24, 2.45) is 5.10 Å². The van der Waals surface area contributed by atoms with Crippen LogP contribution in [0.2, 0.25) is 0 Å². The zero-order chi connectivity index (χ0) is 21.3. The zero-order valence-electron chi connectivity index (χ0n) is 15.8. The lowest BCUT2D eigenvalue weighted by molar-refractivity contribution is -0.141. The minimum atomic E-state index is -4.25. The SMILES string of the molecule is COc1ccc(C2=NN(c3nc(-c4ccccc4)cs3)C(C(F)(F)C(F)F)C2)cc1. The van der Waals surface area contributed by atoms with E-state index in [4.69, 9.17) is 4.74 Å². The van der Waals surface area contributed by atoms with Crippen LogP contribution in [-0.2, 0) is 0 Å². The molecule has 30 heavy (non-hydrogen) atoms. The van der Waals surface area contributed by atoms with E-state index < -0.39 is 18.4 Å². The van der Waals surface area contributed by atoms with Gasteiger partial charge < -0.3 is 4.74 Å². The van der Waals surface area contributed by atoms with Gasteiger partial charge >= 0.3 is 12.3 Å². The summed E-state index contributed by atoms with van der Waals surface area (Å²) in [5.41, 5.74) is 2.23. The Bertz CT molecular complexity index is 1040. The molecular formula is C21H17F4N3OS. The first-order chi connectivity index (χ1) is 14.4. The average Bonchev–Trinajstić information content (AvgIpc) is 3.42. The van der Waals surface area contributed by atoms with Gasteiger partial charge in [-0.05, 0) is 29.8 Å². The molecule has 4 nitrogen and oxygen atoms in total. The smallest absolute Gasteiger partial charge is 0.329 e. The van der Waals surface area contributed by atoms with Crippen LogP contribution in [0.1, 0.15) is 12.0 Å². The van der Waals surface area contributed by atoms with Gasteiger partial charge in [0.15, 0.2) is 0 Å². The average molecular weight is 435 g/mol. The number of hydrazone groups is 1. The molecule has 1 aliphatic heterocycles. The maximum Gasteiger partial charge on any atom is 0.329 e. The second kappa shape index (κ2) is 8.06. The van der Waals surface area contributed by atoms with Crippen LogP contribution in [0.3, 0.4) is 0 Å². The summed E-state index contributed by atoms with van der Waals surface area (Å²) in [6.45, 7) is 0. The van der Waals surface area contributed by atoms with Crippen LogP contribution in [0.25, 0.3) is 11.3 Å². The summed E-state index contributed by atoms with van der Waals surface area (Å²) < 4.78 is 60.3. The third-order valence-electron chi connectivity index (χ3n) is 4.83. The second-order valence-corrected chi connectivity index (χ2v) is 7.53. The number of hydrogen-bond donors (Lipinski definition) is 0. The van der Waals surface area contributed by atoms with Gasteiger partial charge in [0.2, 0.25) is 5.13 Å². The van der Waals surface area contributed by atoms with Crippen LogP contribution in [-0.4, -0.2) is 36.2 Å². The Balaban J connectivity index is 1.71. The number of anilines is 1. The first-order valence-corrected chi connectivity index (χ1v) is 9.96. The Morgan fingerprint density at radius 3 is 2.40 bits per heavy atom. The van der Waals surface area contributed by atoms with Crippen molar-refractivity contribution in [2.75, 3.05) is 12.1 Å². The lowest BCUT2D eigenvalue weighted by atomic mass is 10.00. The molecule has 1 aliphatic rings. The molecule has 1 aromatic heterocycles. The van der Waals surface area contributed by atoms with E-state index in [0.29, 0.717) is 22.7 Å². The monoisotopic (exact) mass is 435 g/mol. The minimum Gasteiger partial charge on any atom is -0.497 e. The van der Waals surface area contributed by atoms with Gasteiger partial charge in [-0.25, -0.2) is 18.8 Å². The van der Waals surface area contributed by atoms with Crippen molar-refractivity contribution in [1.82, 2.24) is 4.98 Å². The molecule has 9 heteroatoms. The van der Waals surface area contributed by atoms with Crippen LogP contribution < -0.4 is 9.75 Å². The number of aromatic nitrogens is 1. The molecule has 1 atom stereocenters. The standard InChI is InChI=1S/C21H17F4N3OS/c1-29-15-9-7-14(8-10-15)16-11-18(21(24,25)19(22)23)28(27-16)20-26-17(12-30-20)13-5-3-2-4-6-13/h2-10,12,18-19H,11H2,1H3. The third kappa shape index (κ3) is 3.77. The molecular weight excluding hydrogens is 418 g/mol. The number of hydrogen-bond acceptors (Lipinski definition) is 5. The van der Waals surface area contributed by atoms with E-state index in [1.165, 1.54) is 7.11 Å². The predicted molar refractivity (Wildman–Crippen MR) is 109 cm³/mol. The number of thiazole rings is 1. The van der Waals surface area contributed by atoms with Gasteiger partial charge in [0.25, 0.3) is 0 Å². The molecule has 0 spiro atoms. The summed E-state index contributed by atoms with van der Waals surface area (Å²) in [6.07, 6.45) is -4.15. The fourth-order valence-corrected chi connectivity index (χ4v) is 4.03. The summed E-state index contributed by atoms with van der Waals surface area (Å²) in [7, 11) is 1.51. The number of halogens is 4. The Kier molecular flexibility index (Phi) is 5.46. The zero-order valence-corrected chi connectivity index (χ0v) is 16.6. The highest BCUT2D eigenvalue weighted by Gasteiger charge is 2.54. The van der Waals surface area contributed by atoms with E-state index in [9.17, 15) is 17.6 Å². The van der Waals surface area contributed by atoms with E-state index in [1.54, 1.807) is 29.6 Å². The van der Waals surface area contributed by atoms with Gasteiger partial charge in [-0.1, -0.05) is 30.3 Å². The molecule has 3 aromatic rings. The van der Waals surface area contributed by atoms with E-state index in [1.807, 2.05) is 30.3 Å². The predicted octanol–water partition coefficient (Wildman–Crippen LogP) is 5.70. The highest BCUT2D eigenvalue weighted by molar-refractivity contribution is 7.14. The number of benzene rings is 2. The third-order valence-corrected chi connectivity index (χ3v) is 5.66. The maximum atomic E-state index is 14.4. The first kappa shape index (κ1) is 20.3. The molecule has 156 valence electrons. The highest BCUT2D eigenvalue weighted by Crippen LogP contribution is 2.40. The van der Waals surface area contributed by atoms with Crippen molar-refractivity contribution in [2.45, 2.75) is 24.8 Å².